The van der Waals surface area contributed by atoms with Gasteiger partial charge in [0.1, 0.15) is 0 Å². The van der Waals surface area contributed by atoms with Crippen molar-refractivity contribution in [2.75, 3.05) is 13.2 Å². The van der Waals surface area contributed by atoms with Crippen LogP contribution < -0.4 is 0 Å². The maximum absolute atomic E-state index is 11.3. The fourth-order valence-electron chi connectivity index (χ4n) is 1.49. The Balaban J connectivity index is 2.57. The van der Waals surface area contributed by atoms with Crippen molar-refractivity contribution in [1.82, 2.24) is 4.90 Å². The summed E-state index contributed by atoms with van der Waals surface area (Å²) in [5.41, 5.74) is 0.962. The Morgan fingerprint density at radius 1 is 1.83 bits per heavy atom. The molecule has 0 radical (unpaired) electrons. The van der Waals surface area contributed by atoms with Crippen LogP contribution in [-0.2, 0) is 4.79 Å². The lowest BCUT2D eigenvalue weighted by atomic mass is 10.2. The summed E-state index contributed by atoms with van der Waals surface area (Å²) < 4.78 is 0. The third-order valence-corrected chi connectivity index (χ3v) is 2.10. The zero-order valence-electron chi connectivity index (χ0n) is 7.42. The van der Waals surface area contributed by atoms with Crippen LogP contribution in [0.5, 0.6) is 0 Å². The molecule has 1 rings (SSSR count). The van der Waals surface area contributed by atoms with Crippen LogP contribution in [0.15, 0.2) is 12.2 Å². The van der Waals surface area contributed by atoms with Crippen molar-refractivity contribution in [3.05, 3.63) is 12.2 Å². The maximum Gasteiger partial charge on any atom is 0.223 e. The van der Waals surface area contributed by atoms with E-state index in [4.69, 9.17) is 5.11 Å². The minimum atomic E-state index is 0.0224. The monoisotopic (exact) mass is 169 g/mol. The van der Waals surface area contributed by atoms with Gasteiger partial charge < -0.3 is 10.0 Å². The van der Waals surface area contributed by atoms with Gasteiger partial charge in [-0.1, -0.05) is 12.2 Å². The average Bonchev–Trinajstić information content (AvgIpc) is 2.32. The smallest absolute Gasteiger partial charge is 0.223 e. The Morgan fingerprint density at radius 3 is 3.00 bits per heavy atom. The lowest BCUT2D eigenvalue weighted by Crippen LogP contribution is -2.36. The van der Waals surface area contributed by atoms with E-state index in [1.807, 2.05) is 6.92 Å². The topological polar surface area (TPSA) is 40.5 Å². The molecule has 1 amide bonds. The van der Waals surface area contributed by atoms with Crippen molar-refractivity contribution in [2.45, 2.75) is 25.8 Å². The number of amides is 1. The molecular weight excluding hydrogens is 154 g/mol. The molecule has 1 heterocycles. The van der Waals surface area contributed by atoms with Crippen LogP contribution in [0.1, 0.15) is 19.8 Å². The van der Waals surface area contributed by atoms with Gasteiger partial charge in [0.25, 0.3) is 0 Å². The van der Waals surface area contributed by atoms with Gasteiger partial charge in [0.05, 0.1) is 12.6 Å². The van der Waals surface area contributed by atoms with E-state index in [9.17, 15) is 4.79 Å². The first-order valence-electron chi connectivity index (χ1n) is 4.20. The molecule has 68 valence electrons. The summed E-state index contributed by atoms with van der Waals surface area (Å²) in [5, 5.41) is 8.94. The Kier molecular flexibility index (Phi) is 2.87. The van der Waals surface area contributed by atoms with Gasteiger partial charge in [0.2, 0.25) is 5.91 Å². The third-order valence-electron chi connectivity index (χ3n) is 2.10. The first-order chi connectivity index (χ1) is 5.65. The molecule has 1 aliphatic rings. The van der Waals surface area contributed by atoms with Gasteiger partial charge in [0, 0.05) is 13.0 Å². The Bertz CT molecular complexity index is 201. The van der Waals surface area contributed by atoms with E-state index in [0.29, 0.717) is 13.0 Å². The summed E-state index contributed by atoms with van der Waals surface area (Å²) in [6.07, 6.45) is 1.35. The van der Waals surface area contributed by atoms with Gasteiger partial charge in [-0.3, -0.25) is 4.79 Å². The van der Waals surface area contributed by atoms with Gasteiger partial charge in [-0.15, -0.1) is 0 Å². The highest BCUT2D eigenvalue weighted by Crippen LogP contribution is 2.18. The second kappa shape index (κ2) is 3.72. The Morgan fingerprint density at radius 2 is 2.50 bits per heavy atom. The van der Waals surface area contributed by atoms with Gasteiger partial charge in [0.15, 0.2) is 0 Å². The van der Waals surface area contributed by atoms with E-state index < -0.39 is 0 Å². The predicted octanol–water partition coefficient (Wildman–Crippen LogP) is 0.546. The molecule has 12 heavy (non-hydrogen) atoms. The fraction of sp³-hybridized carbons (Fsp3) is 0.667. The van der Waals surface area contributed by atoms with E-state index in [2.05, 4.69) is 6.58 Å². The zero-order chi connectivity index (χ0) is 9.14. The predicted molar refractivity (Wildman–Crippen MR) is 46.6 cm³/mol. The molecule has 0 spiro atoms. The Labute approximate surface area is 72.7 Å². The van der Waals surface area contributed by atoms with Crippen molar-refractivity contribution in [3.8, 4) is 0 Å². The molecule has 0 unspecified atom stereocenters. The summed E-state index contributed by atoms with van der Waals surface area (Å²) in [5.74, 6) is 0.136. The first-order valence-corrected chi connectivity index (χ1v) is 4.20. The zero-order valence-corrected chi connectivity index (χ0v) is 7.42. The van der Waals surface area contributed by atoms with Crippen molar-refractivity contribution >= 4 is 5.91 Å². The number of nitrogens with zero attached hydrogens (tertiary/aromatic N) is 1. The number of carbonyl (C=O) groups is 1. The molecule has 0 bridgehead atoms. The van der Waals surface area contributed by atoms with E-state index in [-0.39, 0.29) is 18.6 Å². The summed E-state index contributed by atoms with van der Waals surface area (Å²) in [7, 11) is 0. The highest BCUT2D eigenvalue weighted by molar-refractivity contribution is 5.79. The van der Waals surface area contributed by atoms with E-state index in [1.165, 1.54) is 0 Å². The van der Waals surface area contributed by atoms with Gasteiger partial charge >= 0.3 is 0 Å². The highest BCUT2D eigenvalue weighted by Gasteiger charge is 2.29. The molecule has 0 aromatic heterocycles. The van der Waals surface area contributed by atoms with E-state index >= 15 is 0 Å². The number of aliphatic hydroxyl groups is 1. The Hall–Kier alpha value is -0.830. The lowest BCUT2D eigenvalue weighted by Gasteiger charge is -2.22. The second-order valence-electron chi connectivity index (χ2n) is 3.35. The summed E-state index contributed by atoms with van der Waals surface area (Å²) >= 11 is 0. The molecule has 1 fully saturated rings. The van der Waals surface area contributed by atoms with Crippen molar-refractivity contribution in [1.29, 1.82) is 0 Å². The minimum Gasteiger partial charge on any atom is -0.394 e. The number of rotatable bonds is 3. The largest absolute Gasteiger partial charge is 0.394 e. The number of likely N-dealkylation sites (tertiary alicyclic amines) is 1. The van der Waals surface area contributed by atoms with Crippen molar-refractivity contribution < 1.29 is 9.90 Å². The van der Waals surface area contributed by atoms with E-state index in [0.717, 1.165) is 12.0 Å². The molecule has 0 saturated carbocycles. The molecule has 0 aromatic rings. The van der Waals surface area contributed by atoms with Gasteiger partial charge in [-0.25, -0.2) is 0 Å². The van der Waals surface area contributed by atoms with Crippen LogP contribution in [-0.4, -0.2) is 35.1 Å². The molecule has 3 nitrogen and oxygen atoms in total. The molecule has 1 aliphatic heterocycles. The van der Waals surface area contributed by atoms with Gasteiger partial charge in [-0.05, 0) is 13.3 Å². The standard InChI is InChI=1S/C9H15NO2/c1-7(2)5-10-8(6-11)3-4-9(10)12/h8,11H,1,3-6H2,2H3/t8-/m0/s1. The molecule has 1 saturated heterocycles. The van der Waals surface area contributed by atoms with Crippen LogP contribution in [0.2, 0.25) is 0 Å². The molecular formula is C9H15NO2. The minimum absolute atomic E-state index is 0.0224. The summed E-state index contributed by atoms with van der Waals surface area (Å²) in [6.45, 7) is 6.29. The molecule has 3 heteroatoms. The summed E-state index contributed by atoms with van der Waals surface area (Å²) in [4.78, 5) is 13.0. The third kappa shape index (κ3) is 1.85. The van der Waals surface area contributed by atoms with Crippen LogP contribution in [0, 0.1) is 0 Å². The number of aliphatic hydroxyl groups excluding tert-OH is 1. The van der Waals surface area contributed by atoms with Gasteiger partial charge in [-0.2, -0.15) is 0 Å². The average molecular weight is 169 g/mol. The van der Waals surface area contributed by atoms with Crippen LogP contribution in [0.3, 0.4) is 0 Å². The molecule has 0 aromatic carbocycles. The molecule has 0 aliphatic carbocycles. The normalized spacial score (nSPS) is 23.3. The molecule has 1 N–H and O–H groups in total. The quantitative estimate of drug-likeness (QED) is 0.627. The number of hydrogen-bond acceptors (Lipinski definition) is 2. The highest BCUT2D eigenvalue weighted by atomic mass is 16.3. The summed E-state index contributed by atoms with van der Waals surface area (Å²) in [6, 6.07) is 0.0224. The first kappa shape index (κ1) is 9.26. The van der Waals surface area contributed by atoms with Crippen molar-refractivity contribution in [3.63, 3.8) is 0 Å². The fourth-order valence-corrected chi connectivity index (χ4v) is 1.49. The van der Waals surface area contributed by atoms with Crippen LogP contribution >= 0.6 is 0 Å². The number of carbonyl (C=O) groups excluding carboxylic acids is 1. The number of hydrogen-bond donors (Lipinski definition) is 1. The second-order valence-corrected chi connectivity index (χ2v) is 3.35. The maximum atomic E-state index is 11.3. The van der Waals surface area contributed by atoms with E-state index in [1.54, 1.807) is 4.90 Å². The van der Waals surface area contributed by atoms with Crippen LogP contribution in [0.4, 0.5) is 0 Å². The van der Waals surface area contributed by atoms with Crippen LogP contribution in [0.25, 0.3) is 0 Å². The van der Waals surface area contributed by atoms with Crippen molar-refractivity contribution in [2.24, 2.45) is 0 Å². The SMILES string of the molecule is C=C(C)CN1C(=O)CC[C@H]1CO. The lowest BCUT2D eigenvalue weighted by molar-refractivity contribution is -0.129. The molecule has 1 atom stereocenters.